The van der Waals surface area contributed by atoms with Gasteiger partial charge in [-0.25, -0.2) is 0 Å². The Kier molecular flexibility index (Phi) is 6.92. The van der Waals surface area contributed by atoms with Crippen LogP contribution in [0.25, 0.3) is 0 Å². The molecule has 0 atom stereocenters. The van der Waals surface area contributed by atoms with Crippen LogP contribution in [0, 0.1) is 0 Å². The van der Waals surface area contributed by atoms with E-state index in [0.717, 1.165) is 19.4 Å². The summed E-state index contributed by atoms with van der Waals surface area (Å²) in [6.07, 6.45) is 2.04. The van der Waals surface area contributed by atoms with E-state index in [2.05, 4.69) is 6.92 Å². The fourth-order valence-electron chi connectivity index (χ4n) is 2.20. The first-order valence-electron chi connectivity index (χ1n) is 7.69. The maximum Gasteiger partial charge on any atom is 0.253 e. The van der Waals surface area contributed by atoms with E-state index in [4.69, 9.17) is 0 Å². The number of hydrogen-bond donors (Lipinski definition) is 0. The van der Waals surface area contributed by atoms with Gasteiger partial charge in [0.15, 0.2) is 0 Å². The van der Waals surface area contributed by atoms with Gasteiger partial charge >= 0.3 is 0 Å². The minimum atomic E-state index is -0.0300. The van der Waals surface area contributed by atoms with Gasteiger partial charge in [-0.2, -0.15) is 0 Å². The maximum atomic E-state index is 12.3. The molecule has 0 N–H and O–H groups in total. The summed E-state index contributed by atoms with van der Waals surface area (Å²) in [7, 11) is 1.80. The van der Waals surface area contributed by atoms with Gasteiger partial charge in [0.2, 0.25) is 0 Å². The van der Waals surface area contributed by atoms with Crippen LogP contribution in [0.3, 0.4) is 0 Å². The van der Waals surface area contributed by atoms with E-state index in [1.807, 2.05) is 13.8 Å². The Morgan fingerprint density at radius 3 is 2.10 bits per heavy atom. The zero-order chi connectivity index (χ0) is 15.8. The van der Waals surface area contributed by atoms with Crippen LogP contribution in [0.2, 0.25) is 0 Å². The number of carbonyl (C=O) groups is 2. The summed E-state index contributed by atoms with van der Waals surface area (Å²) in [4.78, 5) is 28.1. The Morgan fingerprint density at radius 2 is 1.57 bits per heavy atom. The van der Waals surface area contributed by atoms with E-state index >= 15 is 0 Å². The molecule has 0 aliphatic rings. The van der Waals surface area contributed by atoms with Gasteiger partial charge in [-0.1, -0.05) is 19.4 Å². The van der Waals surface area contributed by atoms with Crippen molar-refractivity contribution in [1.29, 1.82) is 0 Å². The standard InChI is InChI=1S/C17H26N2O2/c1-5-8-12-18(4)16(20)14-10-9-11-15(13-14)17(21)19(6-2)7-3/h9-11,13H,5-8,12H2,1-4H3. The summed E-state index contributed by atoms with van der Waals surface area (Å²) in [6, 6.07) is 7.01. The summed E-state index contributed by atoms with van der Waals surface area (Å²) in [5, 5.41) is 0. The zero-order valence-electron chi connectivity index (χ0n) is 13.6. The number of carbonyl (C=O) groups excluding carboxylic acids is 2. The molecule has 2 amide bonds. The zero-order valence-corrected chi connectivity index (χ0v) is 13.6. The normalized spacial score (nSPS) is 10.3. The average Bonchev–Trinajstić information content (AvgIpc) is 2.53. The molecule has 4 heteroatoms. The van der Waals surface area contributed by atoms with E-state index in [1.165, 1.54) is 0 Å². The van der Waals surface area contributed by atoms with Crippen LogP contribution in [0.5, 0.6) is 0 Å². The Hall–Kier alpha value is -1.84. The first kappa shape index (κ1) is 17.2. The van der Waals surface area contributed by atoms with Gasteiger partial charge in [0.25, 0.3) is 11.8 Å². The van der Waals surface area contributed by atoms with Crippen LogP contribution in [-0.2, 0) is 0 Å². The van der Waals surface area contributed by atoms with Crippen molar-refractivity contribution in [2.75, 3.05) is 26.7 Å². The molecule has 0 radical (unpaired) electrons. The van der Waals surface area contributed by atoms with Crippen molar-refractivity contribution in [2.24, 2.45) is 0 Å². The molecule has 1 rings (SSSR count). The van der Waals surface area contributed by atoms with Gasteiger partial charge in [0, 0.05) is 37.8 Å². The number of unbranched alkanes of at least 4 members (excludes halogenated alkanes) is 1. The fraction of sp³-hybridized carbons (Fsp3) is 0.529. The van der Waals surface area contributed by atoms with Crippen LogP contribution in [0.1, 0.15) is 54.3 Å². The molecule has 1 aromatic rings. The van der Waals surface area contributed by atoms with Crippen molar-refractivity contribution >= 4 is 11.8 Å². The highest BCUT2D eigenvalue weighted by atomic mass is 16.2. The molecule has 0 fully saturated rings. The second kappa shape index (κ2) is 8.45. The Bertz CT molecular complexity index is 481. The molecular weight excluding hydrogens is 264 g/mol. The lowest BCUT2D eigenvalue weighted by Gasteiger charge is -2.20. The van der Waals surface area contributed by atoms with Crippen molar-refractivity contribution < 1.29 is 9.59 Å². The van der Waals surface area contributed by atoms with Gasteiger partial charge in [-0.05, 0) is 38.5 Å². The second-order valence-corrected chi connectivity index (χ2v) is 5.14. The third-order valence-electron chi connectivity index (χ3n) is 3.60. The van der Waals surface area contributed by atoms with Crippen LogP contribution in [-0.4, -0.2) is 48.3 Å². The molecular formula is C17H26N2O2. The Morgan fingerprint density at radius 1 is 1.00 bits per heavy atom. The molecule has 4 nitrogen and oxygen atoms in total. The largest absolute Gasteiger partial charge is 0.342 e. The number of amides is 2. The van der Waals surface area contributed by atoms with Crippen molar-refractivity contribution in [1.82, 2.24) is 9.80 Å². The lowest BCUT2D eigenvalue weighted by molar-refractivity contribution is 0.0773. The smallest absolute Gasteiger partial charge is 0.253 e. The summed E-state index contributed by atoms with van der Waals surface area (Å²) in [5.74, 6) is -0.0523. The van der Waals surface area contributed by atoms with Crippen LogP contribution >= 0.6 is 0 Å². The van der Waals surface area contributed by atoms with Crippen molar-refractivity contribution in [2.45, 2.75) is 33.6 Å². The summed E-state index contributed by atoms with van der Waals surface area (Å²) in [6.45, 7) is 8.09. The first-order chi connectivity index (χ1) is 10.0. The fourth-order valence-corrected chi connectivity index (χ4v) is 2.20. The molecule has 116 valence electrons. The van der Waals surface area contributed by atoms with Crippen molar-refractivity contribution in [3.05, 3.63) is 35.4 Å². The highest BCUT2D eigenvalue weighted by Crippen LogP contribution is 2.11. The minimum absolute atomic E-state index is 0.0224. The summed E-state index contributed by atoms with van der Waals surface area (Å²) in [5.41, 5.74) is 1.15. The highest BCUT2D eigenvalue weighted by Gasteiger charge is 2.16. The van der Waals surface area contributed by atoms with E-state index in [9.17, 15) is 9.59 Å². The van der Waals surface area contributed by atoms with Gasteiger partial charge in [-0.15, -0.1) is 0 Å². The van der Waals surface area contributed by atoms with Gasteiger partial charge in [0.1, 0.15) is 0 Å². The number of benzene rings is 1. The predicted molar refractivity (Wildman–Crippen MR) is 85.6 cm³/mol. The maximum absolute atomic E-state index is 12.3. The molecule has 0 heterocycles. The second-order valence-electron chi connectivity index (χ2n) is 5.14. The topological polar surface area (TPSA) is 40.6 Å². The first-order valence-corrected chi connectivity index (χ1v) is 7.69. The van der Waals surface area contributed by atoms with Crippen LogP contribution in [0.15, 0.2) is 24.3 Å². The van der Waals surface area contributed by atoms with Gasteiger partial charge in [0.05, 0.1) is 0 Å². The lowest BCUT2D eigenvalue weighted by atomic mass is 10.1. The molecule has 0 saturated heterocycles. The van der Waals surface area contributed by atoms with Gasteiger partial charge in [-0.3, -0.25) is 9.59 Å². The Labute approximate surface area is 127 Å². The van der Waals surface area contributed by atoms with Crippen LogP contribution in [0.4, 0.5) is 0 Å². The molecule has 21 heavy (non-hydrogen) atoms. The third-order valence-corrected chi connectivity index (χ3v) is 3.60. The summed E-state index contributed by atoms with van der Waals surface area (Å²) >= 11 is 0. The van der Waals surface area contributed by atoms with E-state index in [0.29, 0.717) is 24.2 Å². The van der Waals surface area contributed by atoms with E-state index in [1.54, 1.807) is 41.1 Å². The molecule has 0 unspecified atom stereocenters. The van der Waals surface area contributed by atoms with E-state index in [-0.39, 0.29) is 11.8 Å². The minimum Gasteiger partial charge on any atom is -0.342 e. The van der Waals surface area contributed by atoms with Gasteiger partial charge < -0.3 is 9.80 Å². The number of hydrogen-bond acceptors (Lipinski definition) is 2. The average molecular weight is 290 g/mol. The molecule has 0 aliphatic carbocycles. The molecule has 0 spiro atoms. The lowest BCUT2D eigenvalue weighted by Crippen LogP contribution is -2.31. The van der Waals surface area contributed by atoms with E-state index < -0.39 is 0 Å². The van der Waals surface area contributed by atoms with Crippen LogP contribution < -0.4 is 0 Å². The third kappa shape index (κ3) is 4.59. The monoisotopic (exact) mass is 290 g/mol. The van der Waals surface area contributed by atoms with Crippen molar-refractivity contribution in [3.8, 4) is 0 Å². The molecule has 0 saturated carbocycles. The number of nitrogens with zero attached hydrogens (tertiary/aromatic N) is 2. The quantitative estimate of drug-likeness (QED) is 0.774. The SMILES string of the molecule is CCCCN(C)C(=O)c1cccc(C(=O)N(CC)CC)c1. The van der Waals surface area contributed by atoms with Crippen molar-refractivity contribution in [3.63, 3.8) is 0 Å². The highest BCUT2D eigenvalue weighted by molar-refractivity contribution is 5.99. The number of rotatable bonds is 7. The molecule has 0 bridgehead atoms. The molecule has 0 aromatic heterocycles. The summed E-state index contributed by atoms with van der Waals surface area (Å²) < 4.78 is 0. The predicted octanol–water partition coefficient (Wildman–Crippen LogP) is 3.04. The molecule has 1 aromatic carbocycles. The molecule has 0 aliphatic heterocycles. The Balaban J connectivity index is 2.90.